The number of hydrogen-bond donors (Lipinski definition) is 0. The number of nitro groups is 1. The molecule has 0 radical (unpaired) electrons. The highest BCUT2D eigenvalue weighted by Gasteiger charge is 2.20. The van der Waals surface area contributed by atoms with Gasteiger partial charge in [-0.2, -0.15) is 0 Å². The summed E-state index contributed by atoms with van der Waals surface area (Å²) in [7, 11) is 0. The zero-order valence-corrected chi connectivity index (χ0v) is 11.9. The first-order chi connectivity index (χ1) is 9.45. The summed E-state index contributed by atoms with van der Waals surface area (Å²) < 4.78 is 13.5. The summed E-state index contributed by atoms with van der Waals surface area (Å²) >= 11 is 0. The maximum atomic E-state index is 13.5. The van der Waals surface area contributed by atoms with Gasteiger partial charge in [-0.05, 0) is 12.0 Å². The van der Waals surface area contributed by atoms with E-state index >= 15 is 0 Å². The summed E-state index contributed by atoms with van der Waals surface area (Å²) in [5.74, 6) is 0.0654. The molecule has 2 rings (SSSR count). The highest BCUT2D eigenvalue weighted by Crippen LogP contribution is 2.24. The Morgan fingerprint density at radius 3 is 2.45 bits per heavy atom. The molecule has 6 heteroatoms. The third-order valence-electron chi connectivity index (χ3n) is 3.44. The molecular formula is C14H20FN3O2. The third-order valence-corrected chi connectivity index (χ3v) is 3.44. The normalized spacial score (nSPS) is 16.7. The molecule has 0 bridgehead atoms. The summed E-state index contributed by atoms with van der Waals surface area (Å²) in [4.78, 5) is 14.6. The van der Waals surface area contributed by atoms with E-state index in [-0.39, 0.29) is 5.69 Å². The summed E-state index contributed by atoms with van der Waals surface area (Å²) in [5, 5.41) is 10.8. The molecule has 0 atom stereocenters. The quantitative estimate of drug-likeness (QED) is 0.628. The van der Waals surface area contributed by atoms with E-state index in [9.17, 15) is 14.5 Å². The van der Waals surface area contributed by atoms with Crippen LogP contribution in [-0.4, -0.2) is 42.5 Å². The minimum Gasteiger partial charge on any atom is -0.369 e. The number of hydrogen-bond acceptors (Lipinski definition) is 4. The Labute approximate surface area is 118 Å². The Bertz CT molecular complexity index is 485. The predicted molar refractivity (Wildman–Crippen MR) is 76.5 cm³/mol. The Balaban J connectivity index is 2.05. The Hall–Kier alpha value is -1.69. The fourth-order valence-corrected chi connectivity index (χ4v) is 2.55. The number of benzene rings is 1. The van der Waals surface area contributed by atoms with Crippen LogP contribution >= 0.6 is 0 Å². The van der Waals surface area contributed by atoms with Crippen LogP contribution in [0.5, 0.6) is 0 Å². The van der Waals surface area contributed by atoms with Gasteiger partial charge in [-0.1, -0.05) is 13.8 Å². The minimum absolute atomic E-state index is 0.190. The van der Waals surface area contributed by atoms with Crippen molar-refractivity contribution in [2.75, 3.05) is 37.6 Å². The molecule has 1 heterocycles. The molecule has 0 amide bonds. The van der Waals surface area contributed by atoms with Crippen LogP contribution in [0.2, 0.25) is 0 Å². The first-order valence-electron chi connectivity index (χ1n) is 6.88. The van der Waals surface area contributed by atoms with E-state index in [1.165, 1.54) is 12.1 Å². The van der Waals surface area contributed by atoms with Gasteiger partial charge in [0.15, 0.2) is 0 Å². The molecular weight excluding hydrogens is 261 g/mol. The van der Waals surface area contributed by atoms with Crippen molar-refractivity contribution in [1.29, 1.82) is 0 Å². The van der Waals surface area contributed by atoms with E-state index in [1.807, 2.05) is 4.90 Å². The second kappa shape index (κ2) is 6.17. The zero-order valence-electron chi connectivity index (χ0n) is 11.9. The van der Waals surface area contributed by atoms with Gasteiger partial charge in [-0.3, -0.25) is 15.0 Å². The van der Waals surface area contributed by atoms with E-state index in [4.69, 9.17) is 0 Å². The van der Waals surface area contributed by atoms with Crippen LogP contribution in [0.4, 0.5) is 15.8 Å². The fraction of sp³-hybridized carbons (Fsp3) is 0.571. The van der Waals surface area contributed by atoms with Crippen LogP contribution in [-0.2, 0) is 0 Å². The fourth-order valence-electron chi connectivity index (χ4n) is 2.55. The Morgan fingerprint density at radius 1 is 1.25 bits per heavy atom. The lowest BCUT2D eigenvalue weighted by Gasteiger charge is -2.36. The summed E-state index contributed by atoms with van der Waals surface area (Å²) in [6.45, 7) is 8.77. The number of piperazine rings is 1. The molecule has 0 spiro atoms. The number of anilines is 1. The average Bonchev–Trinajstić information content (AvgIpc) is 2.38. The van der Waals surface area contributed by atoms with Crippen LogP contribution in [0.3, 0.4) is 0 Å². The van der Waals surface area contributed by atoms with Crippen molar-refractivity contribution in [3.8, 4) is 0 Å². The van der Waals surface area contributed by atoms with Crippen LogP contribution in [0.25, 0.3) is 0 Å². The SMILES string of the molecule is CC(C)CN1CCN(c2cc(F)cc([N+](=O)[O-])c2)CC1. The average molecular weight is 281 g/mol. The lowest BCUT2D eigenvalue weighted by Crippen LogP contribution is -2.47. The molecule has 0 aromatic heterocycles. The lowest BCUT2D eigenvalue weighted by atomic mass is 10.1. The number of halogens is 1. The van der Waals surface area contributed by atoms with Gasteiger partial charge in [-0.15, -0.1) is 0 Å². The largest absolute Gasteiger partial charge is 0.369 e. The molecule has 1 aliphatic rings. The summed E-state index contributed by atoms with van der Waals surface area (Å²) in [6.07, 6.45) is 0. The van der Waals surface area contributed by atoms with Crippen molar-refractivity contribution < 1.29 is 9.31 Å². The van der Waals surface area contributed by atoms with Crippen molar-refractivity contribution in [2.45, 2.75) is 13.8 Å². The van der Waals surface area contributed by atoms with E-state index < -0.39 is 10.7 Å². The maximum absolute atomic E-state index is 13.5. The highest BCUT2D eigenvalue weighted by atomic mass is 19.1. The van der Waals surface area contributed by atoms with Gasteiger partial charge in [0.05, 0.1) is 11.0 Å². The molecule has 0 aliphatic carbocycles. The van der Waals surface area contributed by atoms with Crippen molar-refractivity contribution in [2.24, 2.45) is 5.92 Å². The Morgan fingerprint density at radius 2 is 1.90 bits per heavy atom. The molecule has 0 saturated carbocycles. The smallest absolute Gasteiger partial charge is 0.274 e. The van der Waals surface area contributed by atoms with Gasteiger partial charge in [0.1, 0.15) is 5.82 Å². The van der Waals surface area contributed by atoms with Crippen LogP contribution in [0.15, 0.2) is 18.2 Å². The predicted octanol–water partition coefficient (Wildman–Crippen LogP) is 2.51. The van der Waals surface area contributed by atoms with E-state index in [0.717, 1.165) is 38.8 Å². The maximum Gasteiger partial charge on any atom is 0.274 e. The molecule has 1 saturated heterocycles. The lowest BCUT2D eigenvalue weighted by molar-refractivity contribution is -0.385. The molecule has 1 fully saturated rings. The Kier molecular flexibility index (Phi) is 4.54. The first-order valence-corrected chi connectivity index (χ1v) is 6.88. The standard InChI is InChI=1S/C14H20FN3O2/c1-11(2)10-16-3-5-17(6-4-16)13-7-12(15)8-14(9-13)18(19)20/h7-9,11H,3-6,10H2,1-2H3. The van der Waals surface area contributed by atoms with E-state index in [0.29, 0.717) is 11.6 Å². The molecule has 0 N–H and O–H groups in total. The number of non-ortho nitro benzene ring substituents is 1. The van der Waals surface area contributed by atoms with Gasteiger partial charge in [0.25, 0.3) is 5.69 Å². The summed E-state index contributed by atoms with van der Waals surface area (Å²) in [6, 6.07) is 3.77. The molecule has 0 unspecified atom stereocenters. The second-order valence-electron chi connectivity index (χ2n) is 5.61. The van der Waals surface area contributed by atoms with Gasteiger partial charge < -0.3 is 4.90 Å². The van der Waals surface area contributed by atoms with Crippen molar-refractivity contribution in [3.05, 3.63) is 34.1 Å². The molecule has 20 heavy (non-hydrogen) atoms. The van der Waals surface area contributed by atoms with Gasteiger partial charge in [-0.25, -0.2) is 4.39 Å². The number of rotatable bonds is 4. The monoisotopic (exact) mass is 281 g/mol. The molecule has 1 aromatic rings. The van der Waals surface area contributed by atoms with Gasteiger partial charge in [0.2, 0.25) is 0 Å². The van der Waals surface area contributed by atoms with Crippen molar-refractivity contribution in [1.82, 2.24) is 4.90 Å². The van der Waals surface area contributed by atoms with Crippen LogP contribution < -0.4 is 4.90 Å². The van der Waals surface area contributed by atoms with Crippen molar-refractivity contribution in [3.63, 3.8) is 0 Å². The van der Waals surface area contributed by atoms with Gasteiger partial charge >= 0.3 is 0 Å². The molecule has 5 nitrogen and oxygen atoms in total. The van der Waals surface area contributed by atoms with E-state index in [1.54, 1.807) is 0 Å². The second-order valence-corrected chi connectivity index (χ2v) is 5.61. The van der Waals surface area contributed by atoms with Crippen LogP contribution in [0.1, 0.15) is 13.8 Å². The third kappa shape index (κ3) is 3.66. The number of nitro benzene ring substituents is 1. The molecule has 110 valence electrons. The van der Waals surface area contributed by atoms with Crippen LogP contribution in [0, 0.1) is 21.8 Å². The van der Waals surface area contributed by atoms with Gasteiger partial charge in [0, 0.05) is 44.5 Å². The minimum atomic E-state index is -0.557. The number of nitrogens with zero attached hydrogens (tertiary/aromatic N) is 3. The van der Waals surface area contributed by atoms with E-state index in [2.05, 4.69) is 18.7 Å². The highest BCUT2D eigenvalue weighted by molar-refractivity contribution is 5.54. The molecule has 1 aliphatic heterocycles. The molecule has 1 aromatic carbocycles. The summed E-state index contributed by atoms with van der Waals surface area (Å²) in [5.41, 5.74) is 0.408. The van der Waals surface area contributed by atoms with Crippen molar-refractivity contribution >= 4 is 11.4 Å². The zero-order chi connectivity index (χ0) is 14.7. The topological polar surface area (TPSA) is 49.6 Å². The first kappa shape index (κ1) is 14.7.